The Morgan fingerprint density at radius 2 is 2.30 bits per heavy atom. The van der Waals surface area contributed by atoms with E-state index in [1.807, 2.05) is 0 Å². The van der Waals surface area contributed by atoms with Crippen molar-refractivity contribution in [1.82, 2.24) is 0 Å². The molecule has 10 heavy (non-hydrogen) atoms. The summed E-state index contributed by atoms with van der Waals surface area (Å²) in [5.74, 6) is -0.255. The Balaban J connectivity index is 2.50. The van der Waals surface area contributed by atoms with Crippen LogP contribution in [-0.2, 0) is 9.53 Å². The Morgan fingerprint density at radius 1 is 1.60 bits per heavy atom. The number of rotatable bonds is 2. The third kappa shape index (κ3) is 1.29. The van der Waals surface area contributed by atoms with Crippen LogP contribution in [0.5, 0.6) is 0 Å². The molecule has 3 nitrogen and oxygen atoms in total. The Bertz CT molecular complexity index is 136. The molecule has 0 aromatic rings. The van der Waals surface area contributed by atoms with Crippen LogP contribution in [0.4, 0.5) is 0 Å². The predicted octanol–water partition coefficient (Wildman–Crippen LogP) is 0.287. The lowest BCUT2D eigenvalue weighted by Gasteiger charge is -2.13. The van der Waals surface area contributed by atoms with Gasteiger partial charge < -0.3 is 10.5 Å². The van der Waals surface area contributed by atoms with Crippen LogP contribution in [0.3, 0.4) is 0 Å². The molecule has 58 valence electrons. The van der Waals surface area contributed by atoms with Gasteiger partial charge in [0.15, 0.2) is 0 Å². The number of carbonyl (C=O) groups excluding carboxylic acids is 1. The molecule has 2 atom stereocenters. The maximum atomic E-state index is 10.7. The van der Waals surface area contributed by atoms with E-state index < -0.39 is 0 Å². The SMILES string of the molecule is CO[C@@H]1CCC[C@H]1C(N)=O. The molecular weight excluding hydrogens is 130 g/mol. The summed E-state index contributed by atoms with van der Waals surface area (Å²) in [5.41, 5.74) is 5.14. The lowest BCUT2D eigenvalue weighted by molar-refractivity contribution is -0.124. The van der Waals surface area contributed by atoms with E-state index in [0.717, 1.165) is 19.3 Å². The normalized spacial score (nSPS) is 32.5. The molecule has 0 aliphatic heterocycles. The van der Waals surface area contributed by atoms with Crippen LogP contribution in [0.2, 0.25) is 0 Å². The van der Waals surface area contributed by atoms with Gasteiger partial charge in [0.2, 0.25) is 5.91 Å². The highest BCUT2D eigenvalue weighted by molar-refractivity contribution is 5.77. The van der Waals surface area contributed by atoms with Crippen molar-refractivity contribution in [2.24, 2.45) is 11.7 Å². The fraction of sp³-hybridized carbons (Fsp3) is 0.857. The summed E-state index contributed by atoms with van der Waals surface area (Å²) in [7, 11) is 1.63. The lowest BCUT2D eigenvalue weighted by Crippen LogP contribution is -2.30. The van der Waals surface area contributed by atoms with Crippen LogP contribution in [0.15, 0.2) is 0 Å². The molecule has 0 aromatic heterocycles. The van der Waals surface area contributed by atoms with Crippen molar-refractivity contribution in [2.75, 3.05) is 7.11 Å². The monoisotopic (exact) mass is 143 g/mol. The number of nitrogens with two attached hydrogens (primary N) is 1. The molecule has 1 fully saturated rings. The zero-order valence-corrected chi connectivity index (χ0v) is 6.17. The summed E-state index contributed by atoms with van der Waals surface area (Å²) in [4.78, 5) is 10.7. The summed E-state index contributed by atoms with van der Waals surface area (Å²) < 4.78 is 5.08. The second-order valence-electron chi connectivity index (χ2n) is 2.71. The summed E-state index contributed by atoms with van der Waals surface area (Å²) >= 11 is 0. The summed E-state index contributed by atoms with van der Waals surface area (Å²) in [5, 5.41) is 0. The molecule has 1 saturated carbocycles. The highest BCUT2D eigenvalue weighted by atomic mass is 16.5. The van der Waals surface area contributed by atoms with E-state index >= 15 is 0 Å². The topological polar surface area (TPSA) is 52.3 Å². The van der Waals surface area contributed by atoms with Crippen LogP contribution in [-0.4, -0.2) is 19.1 Å². The molecule has 0 spiro atoms. The number of methoxy groups -OCH3 is 1. The first-order chi connectivity index (χ1) is 4.75. The first kappa shape index (κ1) is 7.54. The van der Waals surface area contributed by atoms with Crippen molar-refractivity contribution in [3.8, 4) is 0 Å². The van der Waals surface area contributed by atoms with E-state index in [1.54, 1.807) is 7.11 Å². The predicted molar refractivity (Wildman–Crippen MR) is 37.3 cm³/mol. The Morgan fingerprint density at radius 3 is 2.70 bits per heavy atom. The molecular formula is C7H13NO2. The van der Waals surface area contributed by atoms with Crippen LogP contribution >= 0.6 is 0 Å². The molecule has 2 N–H and O–H groups in total. The Kier molecular flexibility index (Phi) is 2.27. The van der Waals surface area contributed by atoms with E-state index in [9.17, 15) is 4.79 Å². The van der Waals surface area contributed by atoms with Crippen molar-refractivity contribution < 1.29 is 9.53 Å². The minimum Gasteiger partial charge on any atom is -0.381 e. The van der Waals surface area contributed by atoms with Crippen molar-refractivity contribution in [3.63, 3.8) is 0 Å². The summed E-state index contributed by atoms with van der Waals surface area (Å²) in [6.07, 6.45) is 3.02. The van der Waals surface area contributed by atoms with Crippen molar-refractivity contribution in [1.29, 1.82) is 0 Å². The van der Waals surface area contributed by atoms with Crippen molar-refractivity contribution in [3.05, 3.63) is 0 Å². The second kappa shape index (κ2) is 3.01. The van der Waals surface area contributed by atoms with Crippen molar-refractivity contribution in [2.45, 2.75) is 25.4 Å². The van der Waals surface area contributed by atoms with E-state index in [2.05, 4.69) is 0 Å². The standard InChI is InChI=1S/C7H13NO2/c1-10-6-4-2-3-5(6)7(8)9/h5-6H,2-4H2,1H3,(H2,8,9)/t5-,6-/m1/s1. The molecule has 0 aromatic carbocycles. The molecule has 1 aliphatic rings. The Labute approximate surface area is 60.5 Å². The zero-order valence-electron chi connectivity index (χ0n) is 6.17. The van der Waals surface area contributed by atoms with E-state index in [4.69, 9.17) is 10.5 Å². The first-order valence-electron chi connectivity index (χ1n) is 3.58. The maximum absolute atomic E-state index is 10.7. The molecule has 1 aliphatic carbocycles. The van der Waals surface area contributed by atoms with E-state index in [-0.39, 0.29) is 17.9 Å². The van der Waals surface area contributed by atoms with Crippen LogP contribution in [0.1, 0.15) is 19.3 Å². The van der Waals surface area contributed by atoms with Gasteiger partial charge in [0.05, 0.1) is 12.0 Å². The number of primary amides is 1. The molecule has 0 heterocycles. The van der Waals surface area contributed by atoms with Crippen LogP contribution in [0, 0.1) is 5.92 Å². The highest BCUT2D eigenvalue weighted by Crippen LogP contribution is 2.27. The average molecular weight is 143 g/mol. The maximum Gasteiger partial charge on any atom is 0.223 e. The van der Waals surface area contributed by atoms with Gasteiger partial charge in [0.25, 0.3) is 0 Å². The minimum absolute atomic E-state index is 0.0370. The minimum atomic E-state index is -0.218. The third-order valence-corrected chi connectivity index (χ3v) is 2.12. The highest BCUT2D eigenvalue weighted by Gasteiger charge is 2.31. The smallest absolute Gasteiger partial charge is 0.223 e. The van der Waals surface area contributed by atoms with Gasteiger partial charge in [-0.05, 0) is 19.3 Å². The van der Waals surface area contributed by atoms with Gasteiger partial charge in [-0.15, -0.1) is 0 Å². The molecule has 0 unspecified atom stereocenters. The van der Waals surface area contributed by atoms with Gasteiger partial charge in [-0.3, -0.25) is 4.79 Å². The second-order valence-corrected chi connectivity index (χ2v) is 2.71. The quantitative estimate of drug-likeness (QED) is 0.604. The van der Waals surface area contributed by atoms with E-state index in [0.29, 0.717) is 0 Å². The number of carbonyl (C=O) groups is 1. The van der Waals surface area contributed by atoms with Gasteiger partial charge in [0, 0.05) is 7.11 Å². The lowest BCUT2D eigenvalue weighted by atomic mass is 10.1. The molecule has 1 rings (SSSR count). The average Bonchev–Trinajstić information content (AvgIpc) is 2.33. The molecule has 0 saturated heterocycles. The van der Waals surface area contributed by atoms with Crippen LogP contribution < -0.4 is 5.73 Å². The van der Waals surface area contributed by atoms with Gasteiger partial charge in [-0.1, -0.05) is 0 Å². The molecule has 1 amide bonds. The molecule has 3 heteroatoms. The first-order valence-corrected chi connectivity index (χ1v) is 3.58. The summed E-state index contributed by atoms with van der Waals surface area (Å²) in [6.45, 7) is 0. The summed E-state index contributed by atoms with van der Waals surface area (Å²) in [6, 6.07) is 0. The number of hydrogen-bond donors (Lipinski definition) is 1. The molecule has 0 bridgehead atoms. The van der Waals surface area contributed by atoms with Gasteiger partial charge in [-0.25, -0.2) is 0 Å². The number of amides is 1. The van der Waals surface area contributed by atoms with Gasteiger partial charge in [-0.2, -0.15) is 0 Å². The number of ether oxygens (including phenoxy) is 1. The van der Waals surface area contributed by atoms with Gasteiger partial charge in [0.1, 0.15) is 0 Å². The van der Waals surface area contributed by atoms with E-state index in [1.165, 1.54) is 0 Å². The largest absolute Gasteiger partial charge is 0.381 e. The third-order valence-electron chi connectivity index (χ3n) is 2.12. The fourth-order valence-electron chi connectivity index (χ4n) is 1.53. The fourth-order valence-corrected chi connectivity index (χ4v) is 1.53. The van der Waals surface area contributed by atoms with Crippen molar-refractivity contribution >= 4 is 5.91 Å². The Hall–Kier alpha value is -0.570. The number of hydrogen-bond acceptors (Lipinski definition) is 2. The van der Waals surface area contributed by atoms with Crippen LogP contribution in [0.25, 0.3) is 0 Å². The molecule has 0 radical (unpaired) electrons. The van der Waals surface area contributed by atoms with Gasteiger partial charge >= 0.3 is 0 Å². The zero-order chi connectivity index (χ0) is 7.56.